The number of rotatable bonds is 6. The molecule has 0 radical (unpaired) electrons. The third kappa shape index (κ3) is 4.36. The van der Waals surface area contributed by atoms with E-state index in [1.165, 1.54) is 18.2 Å². The molecular weight excluding hydrogens is 371 g/mol. The van der Waals surface area contributed by atoms with Gasteiger partial charge in [0, 0.05) is 24.6 Å². The zero-order valence-corrected chi connectivity index (χ0v) is 15.2. The number of nitrogens with zero attached hydrogens (tertiary/aromatic N) is 1. The first-order valence-electron chi connectivity index (χ1n) is 9.09. The number of hydrogen-bond donors (Lipinski definition) is 1. The fourth-order valence-corrected chi connectivity index (χ4v) is 3.41. The molecule has 1 aliphatic rings. The van der Waals surface area contributed by atoms with Crippen LogP contribution in [0.3, 0.4) is 0 Å². The number of halogens is 3. The fraction of sp³-hybridized carbons (Fsp3) is 0.381. The Labute approximate surface area is 161 Å². The summed E-state index contributed by atoms with van der Waals surface area (Å²) in [5, 5.41) is 10.2. The Kier molecular flexibility index (Phi) is 6.05. The molecule has 1 N–H and O–H groups in total. The molecule has 2 aromatic carbocycles. The van der Waals surface area contributed by atoms with Crippen molar-refractivity contribution in [3.05, 3.63) is 71.8 Å². The SMILES string of the molecule is O=C(OCC1CCN(Cc2ccccc2)C1)C(O)(c1ccccc1)C(F)(F)F. The second kappa shape index (κ2) is 8.32. The maximum Gasteiger partial charge on any atom is 0.432 e. The normalized spacial score (nSPS) is 19.9. The second-order valence-electron chi connectivity index (χ2n) is 7.05. The van der Waals surface area contributed by atoms with Crippen LogP contribution in [0.25, 0.3) is 0 Å². The second-order valence-corrected chi connectivity index (χ2v) is 7.05. The number of ether oxygens (including phenoxy) is 1. The number of esters is 1. The van der Waals surface area contributed by atoms with E-state index in [1.54, 1.807) is 0 Å². The Morgan fingerprint density at radius 3 is 2.29 bits per heavy atom. The summed E-state index contributed by atoms with van der Waals surface area (Å²) in [6, 6.07) is 16.1. The summed E-state index contributed by atoms with van der Waals surface area (Å²) >= 11 is 0. The molecule has 1 heterocycles. The predicted octanol–water partition coefficient (Wildman–Crippen LogP) is 3.50. The first kappa shape index (κ1) is 20.4. The van der Waals surface area contributed by atoms with Crippen LogP contribution < -0.4 is 0 Å². The molecule has 1 saturated heterocycles. The molecule has 0 saturated carbocycles. The standard InChI is InChI=1S/C21H22F3NO3/c22-21(23,24)20(27,18-9-5-2-6-10-18)19(26)28-15-17-11-12-25(14-17)13-16-7-3-1-4-8-16/h1-10,17,27H,11-15H2. The molecule has 0 aromatic heterocycles. The summed E-state index contributed by atoms with van der Waals surface area (Å²) in [5.74, 6) is -1.76. The Bertz CT molecular complexity index is 782. The van der Waals surface area contributed by atoms with E-state index in [1.807, 2.05) is 30.3 Å². The molecule has 28 heavy (non-hydrogen) atoms. The molecule has 2 atom stereocenters. The maximum absolute atomic E-state index is 13.5. The average Bonchev–Trinajstić information content (AvgIpc) is 3.13. The minimum Gasteiger partial charge on any atom is -0.463 e. The van der Waals surface area contributed by atoms with E-state index in [9.17, 15) is 23.1 Å². The van der Waals surface area contributed by atoms with Crippen molar-refractivity contribution in [1.29, 1.82) is 0 Å². The molecule has 0 amide bonds. The molecule has 2 unspecified atom stereocenters. The zero-order chi connectivity index (χ0) is 20.2. The predicted molar refractivity (Wildman–Crippen MR) is 97.2 cm³/mol. The number of benzene rings is 2. The molecule has 2 aromatic rings. The van der Waals surface area contributed by atoms with Gasteiger partial charge in [0.05, 0.1) is 6.61 Å². The maximum atomic E-state index is 13.5. The van der Waals surface area contributed by atoms with Gasteiger partial charge in [-0.2, -0.15) is 13.2 Å². The van der Waals surface area contributed by atoms with Crippen LogP contribution in [-0.2, 0) is 21.7 Å². The molecule has 0 aliphatic carbocycles. The van der Waals surface area contributed by atoms with Crippen LogP contribution in [-0.4, -0.2) is 41.8 Å². The molecule has 1 aliphatic heterocycles. The average molecular weight is 393 g/mol. The molecule has 4 nitrogen and oxygen atoms in total. The monoisotopic (exact) mass is 393 g/mol. The highest BCUT2D eigenvalue weighted by Gasteiger charge is 2.62. The van der Waals surface area contributed by atoms with Gasteiger partial charge in [-0.15, -0.1) is 0 Å². The summed E-state index contributed by atoms with van der Waals surface area (Å²) in [4.78, 5) is 14.4. The van der Waals surface area contributed by atoms with Crippen molar-refractivity contribution >= 4 is 5.97 Å². The summed E-state index contributed by atoms with van der Waals surface area (Å²) < 4.78 is 45.4. The highest BCUT2D eigenvalue weighted by molar-refractivity contribution is 5.82. The minimum absolute atomic E-state index is 0.0686. The zero-order valence-electron chi connectivity index (χ0n) is 15.2. The van der Waals surface area contributed by atoms with Gasteiger partial charge in [-0.1, -0.05) is 60.7 Å². The number of carbonyl (C=O) groups is 1. The minimum atomic E-state index is -5.18. The molecule has 0 spiro atoms. The van der Waals surface area contributed by atoms with Crippen molar-refractivity contribution in [3.8, 4) is 0 Å². The van der Waals surface area contributed by atoms with Crippen molar-refractivity contribution in [2.24, 2.45) is 5.92 Å². The lowest BCUT2D eigenvalue weighted by molar-refractivity contribution is -0.268. The Hall–Kier alpha value is -2.38. The lowest BCUT2D eigenvalue weighted by Gasteiger charge is -2.29. The first-order valence-corrected chi connectivity index (χ1v) is 9.09. The van der Waals surface area contributed by atoms with E-state index in [0.29, 0.717) is 6.54 Å². The highest BCUT2D eigenvalue weighted by atomic mass is 19.4. The van der Waals surface area contributed by atoms with Gasteiger partial charge in [-0.3, -0.25) is 4.90 Å². The molecule has 7 heteroatoms. The van der Waals surface area contributed by atoms with Gasteiger partial charge in [0.25, 0.3) is 5.60 Å². The quantitative estimate of drug-likeness (QED) is 0.764. The topological polar surface area (TPSA) is 49.8 Å². The Morgan fingerprint density at radius 1 is 1.07 bits per heavy atom. The number of alkyl halides is 3. The van der Waals surface area contributed by atoms with E-state index < -0.39 is 23.3 Å². The number of hydrogen-bond acceptors (Lipinski definition) is 4. The number of aliphatic hydroxyl groups is 1. The van der Waals surface area contributed by atoms with Gasteiger partial charge >= 0.3 is 12.1 Å². The lowest BCUT2D eigenvalue weighted by Crippen LogP contribution is -2.50. The number of likely N-dealkylation sites (tertiary alicyclic amines) is 1. The summed E-state index contributed by atoms with van der Waals surface area (Å²) in [5.41, 5.74) is -3.07. The molecule has 1 fully saturated rings. The smallest absolute Gasteiger partial charge is 0.432 e. The van der Waals surface area contributed by atoms with Gasteiger partial charge in [-0.05, 0) is 18.5 Å². The van der Waals surface area contributed by atoms with Crippen LogP contribution in [0.15, 0.2) is 60.7 Å². The van der Waals surface area contributed by atoms with Gasteiger partial charge in [0.2, 0.25) is 0 Å². The molecule has 150 valence electrons. The Morgan fingerprint density at radius 2 is 1.68 bits per heavy atom. The largest absolute Gasteiger partial charge is 0.463 e. The lowest BCUT2D eigenvalue weighted by atomic mass is 9.93. The van der Waals surface area contributed by atoms with Crippen molar-refractivity contribution in [3.63, 3.8) is 0 Å². The summed E-state index contributed by atoms with van der Waals surface area (Å²) in [6.07, 6.45) is -4.46. The van der Waals surface area contributed by atoms with Crippen LogP contribution in [0.1, 0.15) is 17.5 Å². The highest BCUT2D eigenvalue weighted by Crippen LogP contribution is 2.40. The van der Waals surface area contributed by atoms with Crippen molar-refractivity contribution in [1.82, 2.24) is 4.90 Å². The van der Waals surface area contributed by atoms with E-state index >= 15 is 0 Å². The third-order valence-corrected chi connectivity index (χ3v) is 4.97. The van der Waals surface area contributed by atoms with Gasteiger partial charge in [-0.25, -0.2) is 4.79 Å². The first-order chi connectivity index (χ1) is 13.3. The molecule has 0 bridgehead atoms. The fourth-order valence-electron chi connectivity index (χ4n) is 3.41. The van der Waals surface area contributed by atoms with Gasteiger partial charge in [0.15, 0.2) is 0 Å². The van der Waals surface area contributed by atoms with Crippen LogP contribution in [0.5, 0.6) is 0 Å². The van der Waals surface area contributed by atoms with Crippen molar-refractivity contribution in [2.75, 3.05) is 19.7 Å². The van der Waals surface area contributed by atoms with E-state index in [4.69, 9.17) is 4.74 Å². The van der Waals surface area contributed by atoms with Gasteiger partial charge < -0.3 is 9.84 Å². The summed E-state index contributed by atoms with van der Waals surface area (Å²) in [7, 11) is 0. The summed E-state index contributed by atoms with van der Waals surface area (Å²) in [6.45, 7) is 1.98. The van der Waals surface area contributed by atoms with Crippen LogP contribution in [0.2, 0.25) is 0 Å². The Balaban J connectivity index is 1.60. The van der Waals surface area contributed by atoms with Crippen LogP contribution in [0.4, 0.5) is 13.2 Å². The van der Waals surface area contributed by atoms with E-state index in [2.05, 4.69) is 4.90 Å². The third-order valence-electron chi connectivity index (χ3n) is 4.97. The van der Waals surface area contributed by atoms with Crippen molar-refractivity contribution < 1.29 is 27.8 Å². The molecule has 3 rings (SSSR count). The van der Waals surface area contributed by atoms with Gasteiger partial charge in [0.1, 0.15) is 0 Å². The van der Waals surface area contributed by atoms with E-state index in [-0.39, 0.29) is 12.5 Å². The number of carbonyl (C=O) groups excluding carboxylic acids is 1. The van der Waals surface area contributed by atoms with E-state index in [0.717, 1.165) is 37.2 Å². The van der Waals surface area contributed by atoms with Crippen molar-refractivity contribution in [2.45, 2.75) is 24.7 Å². The van der Waals surface area contributed by atoms with Crippen LogP contribution in [0, 0.1) is 5.92 Å². The van der Waals surface area contributed by atoms with Crippen LogP contribution >= 0.6 is 0 Å². The molecular formula is C21H22F3NO3.